The third-order valence-corrected chi connectivity index (χ3v) is 4.09. The van der Waals surface area contributed by atoms with Crippen LogP contribution in [0.1, 0.15) is 6.92 Å². The van der Waals surface area contributed by atoms with Crippen molar-refractivity contribution in [1.29, 1.82) is 0 Å². The Balaban J connectivity index is 1.73. The molecule has 2 nitrogen and oxygen atoms in total. The molecule has 4 heteroatoms. The average molecular weight is 254 g/mol. The van der Waals surface area contributed by atoms with E-state index in [1.165, 1.54) is 12.1 Å². The third-order valence-electron chi connectivity index (χ3n) is 3.10. The average Bonchev–Trinajstić information content (AvgIpc) is 2.34. The summed E-state index contributed by atoms with van der Waals surface area (Å²) in [5.74, 6) is 0.903. The first kappa shape index (κ1) is 12.9. The maximum Gasteiger partial charge on any atom is 0.123 e. The van der Waals surface area contributed by atoms with Gasteiger partial charge in [0.2, 0.25) is 0 Å². The van der Waals surface area contributed by atoms with Crippen molar-refractivity contribution in [3.8, 4) is 0 Å². The van der Waals surface area contributed by atoms with Gasteiger partial charge in [-0.05, 0) is 31.2 Å². The Morgan fingerprint density at radius 3 is 2.88 bits per heavy atom. The Bertz CT molecular complexity index is 342. The molecule has 1 saturated heterocycles. The lowest BCUT2D eigenvalue weighted by Crippen LogP contribution is -2.50. The summed E-state index contributed by atoms with van der Waals surface area (Å²) in [5.41, 5.74) is 0. The molecule has 1 aliphatic heterocycles. The largest absolute Gasteiger partial charge is 0.314 e. The number of nitrogens with one attached hydrogen (secondary N) is 1. The van der Waals surface area contributed by atoms with Gasteiger partial charge in [-0.25, -0.2) is 4.39 Å². The molecular formula is C13H19FN2S. The quantitative estimate of drug-likeness (QED) is 0.829. The lowest BCUT2D eigenvalue weighted by atomic mass is 10.2. The third kappa shape index (κ3) is 3.98. The van der Waals surface area contributed by atoms with Gasteiger partial charge in [0.15, 0.2) is 0 Å². The molecule has 1 aromatic carbocycles. The Morgan fingerprint density at radius 1 is 1.41 bits per heavy atom. The second-order valence-electron chi connectivity index (χ2n) is 4.39. The Labute approximate surface area is 107 Å². The van der Waals surface area contributed by atoms with Crippen LogP contribution in [0.2, 0.25) is 0 Å². The van der Waals surface area contributed by atoms with Gasteiger partial charge >= 0.3 is 0 Å². The fourth-order valence-electron chi connectivity index (χ4n) is 2.03. The fraction of sp³-hybridized carbons (Fsp3) is 0.538. The molecule has 0 aliphatic carbocycles. The number of halogens is 1. The number of nitrogens with zero attached hydrogens (tertiary/aromatic N) is 1. The van der Waals surface area contributed by atoms with Gasteiger partial charge in [-0.3, -0.25) is 4.90 Å². The van der Waals surface area contributed by atoms with Gasteiger partial charge in [0.25, 0.3) is 0 Å². The van der Waals surface area contributed by atoms with Crippen LogP contribution in [0.4, 0.5) is 4.39 Å². The van der Waals surface area contributed by atoms with E-state index in [2.05, 4.69) is 17.1 Å². The van der Waals surface area contributed by atoms with Crippen molar-refractivity contribution in [2.75, 3.05) is 31.9 Å². The van der Waals surface area contributed by atoms with Crippen molar-refractivity contribution >= 4 is 11.8 Å². The molecule has 1 N–H and O–H groups in total. The number of benzene rings is 1. The molecule has 0 aromatic heterocycles. The molecule has 1 atom stereocenters. The van der Waals surface area contributed by atoms with E-state index >= 15 is 0 Å². The number of rotatable bonds is 4. The first-order valence-corrected chi connectivity index (χ1v) is 7.07. The second kappa shape index (κ2) is 6.38. The molecule has 17 heavy (non-hydrogen) atoms. The van der Waals surface area contributed by atoms with Crippen LogP contribution in [0, 0.1) is 5.82 Å². The van der Waals surface area contributed by atoms with Crippen LogP contribution in [0.25, 0.3) is 0 Å². The van der Waals surface area contributed by atoms with Crippen LogP contribution in [-0.4, -0.2) is 42.9 Å². The van der Waals surface area contributed by atoms with Crippen molar-refractivity contribution in [2.45, 2.75) is 17.9 Å². The molecule has 0 amide bonds. The summed E-state index contributed by atoms with van der Waals surface area (Å²) in [6.45, 7) is 6.66. The molecule has 1 heterocycles. The number of hydrogen-bond acceptors (Lipinski definition) is 3. The molecule has 1 fully saturated rings. The zero-order valence-corrected chi connectivity index (χ0v) is 11.0. The molecule has 1 aromatic rings. The van der Waals surface area contributed by atoms with Crippen LogP contribution >= 0.6 is 11.8 Å². The molecule has 0 spiro atoms. The van der Waals surface area contributed by atoms with Gasteiger partial charge in [-0.2, -0.15) is 0 Å². The van der Waals surface area contributed by atoms with Crippen LogP contribution in [-0.2, 0) is 0 Å². The minimum Gasteiger partial charge on any atom is -0.314 e. The second-order valence-corrected chi connectivity index (χ2v) is 5.56. The van der Waals surface area contributed by atoms with Crippen molar-refractivity contribution in [3.63, 3.8) is 0 Å². The van der Waals surface area contributed by atoms with Gasteiger partial charge in [0.1, 0.15) is 5.82 Å². The molecule has 0 saturated carbocycles. The standard InChI is InChI=1S/C13H19FN2S/c1-11-10-15-6-7-16(11)8-9-17-13-4-2-12(14)3-5-13/h2-5,11,15H,6-10H2,1H3/t11-/m1/s1. The Morgan fingerprint density at radius 2 is 2.18 bits per heavy atom. The van der Waals surface area contributed by atoms with E-state index in [1.54, 1.807) is 11.8 Å². The molecule has 2 rings (SSSR count). The highest BCUT2D eigenvalue weighted by Crippen LogP contribution is 2.18. The topological polar surface area (TPSA) is 15.3 Å². The highest BCUT2D eigenvalue weighted by molar-refractivity contribution is 7.99. The molecular weight excluding hydrogens is 235 g/mol. The predicted molar refractivity (Wildman–Crippen MR) is 71.0 cm³/mol. The zero-order chi connectivity index (χ0) is 12.1. The molecule has 0 radical (unpaired) electrons. The van der Waals surface area contributed by atoms with Crippen LogP contribution in [0.3, 0.4) is 0 Å². The highest BCUT2D eigenvalue weighted by atomic mass is 32.2. The van der Waals surface area contributed by atoms with E-state index < -0.39 is 0 Å². The van der Waals surface area contributed by atoms with Crippen molar-refractivity contribution in [3.05, 3.63) is 30.1 Å². The summed E-state index contributed by atoms with van der Waals surface area (Å²) in [7, 11) is 0. The summed E-state index contributed by atoms with van der Waals surface area (Å²) < 4.78 is 12.7. The Hall–Kier alpha value is -0.580. The Kier molecular flexibility index (Phi) is 4.83. The van der Waals surface area contributed by atoms with Crippen LogP contribution in [0.15, 0.2) is 29.2 Å². The van der Waals surface area contributed by atoms with Gasteiger partial charge in [-0.1, -0.05) is 0 Å². The monoisotopic (exact) mass is 254 g/mol. The predicted octanol–water partition coefficient (Wildman–Crippen LogP) is 2.21. The van der Waals surface area contributed by atoms with Crippen molar-refractivity contribution in [2.24, 2.45) is 0 Å². The van der Waals surface area contributed by atoms with Crippen molar-refractivity contribution < 1.29 is 4.39 Å². The van der Waals surface area contributed by atoms with Gasteiger partial charge < -0.3 is 5.32 Å². The summed E-state index contributed by atoms with van der Waals surface area (Å²) in [6, 6.07) is 7.37. The zero-order valence-electron chi connectivity index (χ0n) is 10.2. The SMILES string of the molecule is C[C@@H]1CNCCN1CCSc1ccc(F)cc1. The molecule has 1 aliphatic rings. The van der Waals surface area contributed by atoms with Gasteiger partial charge in [0, 0.05) is 42.9 Å². The van der Waals surface area contributed by atoms with Crippen LogP contribution in [0.5, 0.6) is 0 Å². The minimum atomic E-state index is -0.162. The lowest BCUT2D eigenvalue weighted by molar-refractivity contribution is 0.184. The van der Waals surface area contributed by atoms with E-state index in [9.17, 15) is 4.39 Å². The first-order valence-electron chi connectivity index (χ1n) is 6.09. The van der Waals surface area contributed by atoms with E-state index in [-0.39, 0.29) is 5.82 Å². The molecule has 0 unspecified atom stereocenters. The van der Waals surface area contributed by atoms with E-state index in [1.807, 2.05) is 12.1 Å². The van der Waals surface area contributed by atoms with Gasteiger partial charge in [0.05, 0.1) is 0 Å². The number of hydrogen-bond donors (Lipinski definition) is 1. The minimum absolute atomic E-state index is 0.162. The normalized spacial score (nSPS) is 21.6. The maximum absolute atomic E-state index is 12.7. The fourth-order valence-corrected chi connectivity index (χ4v) is 2.92. The van der Waals surface area contributed by atoms with Crippen molar-refractivity contribution in [1.82, 2.24) is 10.2 Å². The number of thioether (sulfide) groups is 1. The maximum atomic E-state index is 12.7. The summed E-state index contributed by atoms with van der Waals surface area (Å²) in [6.07, 6.45) is 0. The highest BCUT2D eigenvalue weighted by Gasteiger charge is 2.16. The smallest absolute Gasteiger partial charge is 0.123 e. The van der Waals surface area contributed by atoms with E-state index in [0.717, 1.165) is 36.8 Å². The molecule has 94 valence electrons. The van der Waals surface area contributed by atoms with Crippen LogP contribution < -0.4 is 5.32 Å². The van der Waals surface area contributed by atoms with Gasteiger partial charge in [-0.15, -0.1) is 11.8 Å². The summed E-state index contributed by atoms with van der Waals surface area (Å²) in [4.78, 5) is 3.65. The summed E-state index contributed by atoms with van der Waals surface area (Å²) in [5, 5.41) is 3.39. The van der Waals surface area contributed by atoms with E-state index in [0.29, 0.717) is 6.04 Å². The lowest BCUT2D eigenvalue weighted by Gasteiger charge is -2.33. The molecule has 0 bridgehead atoms. The van der Waals surface area contributed by atoms with E-state index in [4.69, 9.17) is 0 Å². The first-order chi connectivity index (χ1) is 8.25. The summed E-state index contributed by atoms with van der Waals surface area (Å²) >= 11 is 1.80. The number of piperazine rings is 1.